The molecule has 0 radical (unpaired) electrons. The number of rotatable bonds is 3. The maximum Gasteiger partial charge on any atom is 0.228 e. The molecular weight excluding hydrogens is 376 g/mol. The minimum Gasteiger partial charge on any atom is -0.494 e. The lowest BCUT2D eigenvalue weighted by Gasteiger charge is -2.28. The molecule has 2 aromatic heterocycles. The molecule has 4 aromatic rings. The third-order valence-corrected chi connectivity index (χ3v) is 5.05. The highest BCUT2D eigenvalue weighted by atomic mass is 35.5. The fourth-order valence-electron chi connectivity index (χ4n) is 3.66. The van der Waals surface area contributed by atoms with Crippen molar-refractivity contribution in [3.8, 4) is 17.4 Å². The maximum absolute atomic E-state index is 6.16. The van der Waals surface area contributed by atoms with Crippen LogP contribution in [0.15, 0.2) is 48.8 Å². The molecule has 7 heteroatoms. The van der Waals surface area contributed by atoms with Crippen LogP contribution in [0.1, 0.15) is 35.4 Å². The van der Waals surface area contributed by atoms with Crippen LogP contribution >= 0.6 is 11.6 Å². The van der Waals surface area contributed by atoms with E-state index in [2.05, 4.69) is 15.1 Å². The van der Waals surface area contributed by atoms with E-state index in [1.165, 1.54) is 0 Å². The summed E-state index contributed by atoms with van der Waals surface area (Å²) in [5, 5.41) is 5.10. The van der Waals surface area contributed by atoms with Gasteiger partial charge in [-0.2, -0.15) is 5.10 Å². The van der Waals surface area contributed by atoms with E-state index in [-0.39, 0.29) is 5.92 Å². The number of nitrogens with zero attached hydrogens (tertiary/aromatic N) is 4. The Kier molecular flexibility index (Phi) is 3.94. The molecule has 5 rings (SSSR count). The molecule has 3 heterocycles. The standard InChI is InChI=1S/C21H17ClN4O2/c1-3-27-15-8-9-16-17(10-15)28-21-19(18(16)13-4-6-14(22)7-5-13)20-24-12(2)25-26(20)11-23-21/h4-11,18H,3H2,1-2H3. The first kappa shape index (κ1) is 17.0. The number of fused-ring (bicyclic) bond motifs is 4. The summed E-state index contributed by atoms with van der Waals surface area (Å²) in [7, 11) is 0. The molecule has 1 unspecified atom stereocenters. The summed E-state index contributed by atoms with van der Waals surface area (Å²) in [6.07, 6.45) is 1.63. The third kappa shape index (κ3) is 2.68. The fourth-order valence-corrected chi connectivity index (χ4v) is 3.79. The number of ether oxygens (including phenoxy) is 2. The van der Waals surface area contributed by atoms with E-state index in [9.17, 15) is 0 Å². The van der Waals surface area contributed by atoms with Crippen LogP contribution in [0.25, 0.3) is 5.65 Å². The Balaban J connectivity index is 1.77. The Bertz CT molecular complexity index is 1190. The Morgan fingerprint density at radius 1 is 1.18 bits per heavy atom. The van der Waals surface area contributed by atoms with Gasteiger partial charge in [0.15, 0.2) is 5.65 Å². The fraction of sp³-hybridized carbons (Fsp3) is 0.190. The molecule has 0 saturated carbocycles. The van der Waals surface area contributed by atoms with Gasteiger partial charge in [-0.05, 0) is 37.6 Å². The number of halogens is 1. The largest absolute Gasteiger partial charge is 0.494 e. The molecule has 0 fully saturated rings. The molecule has 2 aromatic carbocycles. The smallest absolute Gasteiger partial charge is 0.228 e. The Morgan fingerprint density at radius 2 is 2.00 bits per heavy atom. The van der Waals surface area contributed by atoms with Crippen molar-refractivity contribution in [1.82, 2.24) is 19.6 Å². The van der Waals surface area contributed by atoms with Gasteiger partial charge in [-0.3, -0.25) is 0 Å². The van der Waals surface area contributed by atoms with Crippen LogP contribution < -0.4 is 9.47 Å². The zero-order valence-electron chi connectivity index (χ0n) is 15.4. The summed E-state index contributed by atoms with van der Waals surface area (Å²) in [5.74, 6) is 2.60. The minimum absolute atomic E-state index is 0.105. The van der Waals surface area contributed by atoms with Crippen LogP contribution in [-0.4, -0.2) is 26.2 Å². The highest BCUT2D eigenvalue weighted by molar-refractivity contribution is 6.30. The average Bonchev–Trinajstić information content (AvgIpc) is 3.07. The van der Waals surface area contributed by atoms with E-state index in [1.807, 2.05) is 56.3 Å². The molecular formula is C21H17ClN4O2. The van der Waals surface area contributed by atoms with Gasteiger partial charge in [-0.15, -0.1) is 0 Å². The van der Waals surface area contributed by atoms with Crippen LogP contribution in [-0.2, 0) is 0 Å². The van der Waals surface area contributed by atoms with Gasteiger partial charge in [0.2, 0.25) is 5.88 Å². The molecule has 0 saturated heterocycles. The van der Waals surface area contributed by atoms with Gasteiger partial charge in [-0.1, -0.05) is 29.8 Å². The highest BCUT2D eigenvalue weighted by Gasteiger charge is 2.33. The molecule has 1 aliphatic heterocycles. The first-order valence-electron chi connectivity index (χ1n) is 9.06. The number of aryl methyl sites for hydroxylation is 1. The third-order valence-electron chi connectivity index (χ3n) is 4.80. The number of aromatic nitrogens is 4. The minimum atomic E-state index is -0.105. The van der Waals surface area contributed by atoms with Crippen LogP contribution in [0, 0.1) is 6.92 Å². The molecule has 0 amide bonds. The highest BCUT2D eigenvalue weighted by Crippen LogP contribution is 2.48. The van der Waals surface area contributed by atoms with Gasteiger partial charge < -0.3 is 9.47 Å². The molecule has 1 aliphatic rings. The van der Waals surface area contributed by atoms with Gasteiger partial charge in [0.05, 0.1) is 12.2 Å². The van der Waals surface area contributed by atoms with Crippen molar-refractivity contribution in [1.29, 1.82) is 0 Å². The van der Waals surface area contributed by atoms with Crippen molar-refractivity contribution in [2.24, 2.45) is 0 Å². The second-order valence-electron chi connectivity index (χ2n) is 6.61. The van der Waals surface area contributed by atoms with Crippen molar-refractivity contribution in [2.45, 2.75) is 19.8 Å². The van der Waals surface area contributed by atoms with Gasteiger partial charge in [0.1, 0.15) is 23.7 Å². The summed E-state index contributed by atoms with van der Waals surface area (Å²) >= 11 is 6.12. The molecule has 6 nitrogen and oxygen atoms in total. The van der Waals surface area contributed by atoms with E-state index >= 15 is 0 Å². The van der Waals surface area contributed by atoms with Gasteiger partial charge in [-0.25, -0.2) is 14.5 Å². The molecule has 28 heavy (non-hydrogen) atoms. The SMILES string of the molecule is CCOc1ccc2c(c1)Oc1ncn3nc(C)nc3c1C2c1ccc(Cl)cc1. The first-order chi connectivity index (χ1) is 13.6. The van der Waals surface area contributed by atoms with E-state index in [0.717, 1.165) is 33.8 Å². The topological polar surface area (TPSA) is 61.5 Å². The molecule has 0 aliphatic carbocycles. The summed E-state index contributed by atoms with van der Waals surface area (Å²) in [6.45, 7) is 4.41. The van der Waals surface area contributed by atoms with Crippen molar-refractivity contribution in [3.63, 3.8) is 0 Å². The lowest BCUT2D eigenvalue weighted by Crippen LogP contribution is -2.15. The van der Waals surface area contributed by atoms with E-state index in [4.69, 9.17) is 21.1 Å². The van der Waals surface area contributed by atoms with E-state index in [0.29, 0.717) is 23.3 Å². The predicted molar refractivity (Wildman–Crippen MR) is 106 cm³/mol. The number of benzene rings is 2. The molecule has 0 spiro atoms. The van der Waals surface area contributed by atoms with Crippen LogP contribution in [0.2, 0.25) is 5.02 Å². The monoisotopic (exact) mass is 392 g/mol. The predicted octanol–water partition coefficient (Wildman–Crippen LogP) is 4.77. The average molecular weight is 393 g/mol. The Hall–Kier alpha value is -3.12. The van der Waals surface area contributed by atoms with Crippen LogP contribution in [0.3, 0.4) is 0 Å². The Morgan fingerprint density at radius 3 is 2.79 bits per heavy atom. The molecule has 0 N–H and O–H groups in total. The number of hydrogen-bond donors (Lipinski definition) is 0. The summed E-state index contributed by atoms with van der Waals surface area (Å²) in [5.41, 5.74) is 3.73. The molecule has 1 atom stereocenters. The maximum atomic E-state index is 6.16. The lowest BCUT2D eigenvalue weighted by molar-refractivity contribution is 0.336. The van der Waals surface area contributed by atoms with Crippen LogP contribution in [0.5, 0.6) is 17.4 Å². The summed E-state index contributed by atoms with van der Waals surface area (Å²) in [6, 6.07) is 13.7. The summed E-state index contributed by atoms with van der Waals surface area (Å²) < 4.78 is 13.5. The Labute approximate surface area is 166 Å². The lowest BCUT2D eigenvalue weighted by atomic mass is 9.84. The number of hydrogen-bond acceptors (Lipinski definition) is 5. The quantitative estimate of drug-likeness (QED) is 0.442. The molecule has 0 bridgehead atoms. The van der Waals surface area contributed by atoms with E-state index in [1.54, 1.807) is 10.8 Å². The zero-order chi connectivity index (χ0) is 19.3. The van der Waals surface area contributed by atoms with Crippen molar-refractivity contribution in [2.75, 3.05) is 6.61 Å². The van der Waals surface area contributed by atoms with Crippen LogP contribution in [0.4, 0.5) is 0 Å². The van der Waals surface area contributed by atoms with E-state index < -0.39 is 0 Å². The second-order valence-corrected chi connectivity index (χ2v) is 7.05. The second kappa shape index (κ2) is 6.49. The van der Waals surface area contributed by atoms with Gasteiger partial charge in [0, 0.05) is 22.6 Å². The summed E-state index contributed by atoms with van der Waals surface area (Å²) in [4.78, 5) is 9.12. The van der Waals surface area contributed by atoms with Crippen molar-refractivity contribution in [3.05, 3.63) is 76.3 Å². The molecule has 140 valence electrons. The first-order valence-corrected chi connectivity index (χ1v) is 9.43. The van der Waals surface area contributed by atoms with Crippen molar-refractivity contribution < 1.29 is 9.47 Å². The van der Waals surface area contributed by atoms with Crippen molar-refractivity contribution >= 4 is 17.2 Å². The normalized spacial score (nSPS) is 15.0. The van der Waals surface area contributed by atoms with Gasteiger partial charge >= 0.3 is 0 Å². The zero-order valence-corrected chi connectivity index (χ0v) is 16.1. The van der Waals surface area contributed by atoms with Gasteiger partial charge in [0.25, 0.3) is 0 Å².